The van der Waals surface area contributed by atoms with Crippen molar-refractivity contribution in [1.82, 2.24) is 15.0 Å². The van der Waals surface area contributed by atoms with Crippen molar-refractivity contribution >= 4 is 5.91 Å². The van der Waals surface area contributed by atoms with Crippen LogP contribution in [0.25, 0.3) is 0 Å². The summed E-state index contributed by atoms with van der Waals surface area (Å²) in [5, 5.41) is 4.09. The number of fused-ring (bicyclic) bond motifs is 2. The van der Waals surface area contributed by atoms with Crippen LogP contribution >= 0.6 is 0 Å². The molecule has 2 heterocycles. The molecule has 1 aromatic heterocycles. The first-order valence-electron chi connectivity index (χ1n) is 10.4. The van der Waals surface area contributed by atoms with Gasteiger partial charge in [-0.05, 0) is 56.1 Å². The van der Waals surface area contributed by atoms with Crippen LogP contribution < -0.4 is 5.73 Å². The molecule has 6 nitrogen and oxygen atoms in total. The predicted molar refractivity (Wildman–Crippen MR) is 99.6 cm³/mol. The maximum absolute atomic E-state index is 13.9. The zero-order valence-electron chi connectivity index (χ0n) is 16.4. The van der Waals surface area contributed by atoms with E-state index in [0.29, 0.717) is 23.7 Å². The molecule has 2 N–H and O–H groups in total. The molecule has 1 aliphatic heterocycles. The summed E-state index contributed by atoms with van der Waals surface area (Å²) in [6, 6.07) is 0.440. The average Bonchev–Trinajstić information content (AvgIpc) is 3.12. The summed E-state index contributed by atoms with van der Waals surface area (Å²) in [4.78, 5) is 19.5. The van der Waals surface area contributed by atoms with Gasteiger partial charge in [0, 0.05) is 30.5 Å². The molecule has 2 unspecified atom stereocenters. The van der Waals surface area contributed by atoms with Gasteiger partial charge in [-0.1, -0.05) is 5.16 Å². The molecule has 2 bridgehead atoms. The molecule has 9 heteroatoms. The normalized spacial score (nSPS) is 26.4. The highest BCUT2D eigenvalue weighted by Crippen LogP contribution is 2.50. The number of halogens is 3. The van der Waals surface area contributed by atoms with Gasteiger partial charge in [-0.3, -0.25) is 4.79 Å². The number of nitrogens with two attached hydrogens (primary N) is 1. The number of hydrogen-bond donors (Lipinski definition) is 1. The number of carbonyl (C=O) groups is 1. The number of benzene rings is 1. The average molecular weight is 420 g/mol. The number of amides is 1. The Bertz CT molecular complexity index is 977. The molecule has 0 radical (unpaired) electrons. The fraction of sp³-hybridized carbons (Fsp3) is 0.571. The van der Waals surface area contributed by atoms with Crippen molar-refractivity contribution in [3.63, 3.8) is 0 Å². The third-order valence-corrected chi connectivity index (χ3v) is 6.53. The largest absolute Gasteiger partial charge is 0.337 e. The van der Waals surface area contributed by atoms with E-state index in [-0.39, 0.29) is 42.3 Å². The van der Waals surface area contributed by atoms with Gasteiger partial charge < -0.3 is 15.2 Å². The zero-order valence-corrected chi connectivity index (χ0v) is 16.4. The molecule has 2 aromatic rings. The maximum Gasteiger partial charge on any atom is 0.249 e. The van der Waals surface area contributed by atoms with E-state index in [4.69, 9.17) is 10.3 Å². The Morgan fingerprint density at radius 3 is 2.70 bits per heavy atom. The van der Waals surface area contributed by atoms with E-state index in [0.717, 1.165) is 38.2 Å². The number of aromatic nitrogens is 2. The first kappa shape index (κ1) is 19.5. The van der Waals surface area contributed by atoms with Gasteiger partial charge in [-0.25, -0.2) is 13.2 Å². The lowest BCUT2D eigenvalue weighted by Gasteiger charge is -2.34. The predicted octanol–water partition coefficient (Wildman–Crippen LogP) is 3.38. The van der Waals surface area contributed by atoms with Gasteiger partial charge in [0.2, 0.25) is 11.8 Å². The van der Waals surface area contributed by atoms with E-state index in [9.17, 15) is 18.0 Å². The van der Waals surface area contributed by atoms with Crippen LogP contribution in [-0.2, 0) is 11.2 Å². The van der Waals surface area contributed by atoms with Crippen molar-refractivity contribution in [2.45, 2.75) is 69.0 Å². The summed E-state index contributed by atoms with van der Waals surface area (Å²) in [6.07, 6.45) is 4.86. The van der Waals surface area contributed by atoms with Gasteiger partial charge in [0.15, 0.2) is 17.5 Å². The molecule has 160 valence electrons. The molecular formula is C21H23F3N4O2. The Morgan fingerprint density at radius 2 is 1.93 bits per heavy atom. The second-order valence-corrected chi connectivity index (χ2v) is 8.76. The third-order valence-electron chi connectivity index (χ3n) is 6.53. The van der Waals surface area contributed by atoms with E-state index in [1.54, 1.807) is 4.90 Å². The van der Waals surface area contributed by atoms with Gasteiger partial charge >= 0.3 is 0 Å². The van der Waals surface area contributed by atoms with Crippen LogP contribution in [0.15, 0.2) is 16.7 Å². The summed E-state index contributed by atoms with van der Waals surface area (Å²) in [6.45, 7) is 0. The molecule has 2 saturated carbocycles. The minimum absolute atomic E-state index is 0.0260. The monoisotopic (exact) mass is 420 g/mol. The van der Waals surface area contributed by atoms with Crippen LogP contribution in [0.2, 0.25) is 0 Å². The quantitative estimate of drug-likeness (QED) is 0.725. The van der Waals surface area contributed by atoms with E-state index in [1.165, 1.54) is 0 Å². The van der Waals surface area contributed by atoms with Gasteiger partial charge in [0.1, 0.15) is 11.9 Å². The minimum atomic E-state index is -1.25. The Balaban J connectivity index is 1.30. The Hall–Kier alpha value is -2.42. The van der Waals surface area contributed by atoms with E-state index in [1.807, 2.05) is 0 Å². The number of hydrogen-bond acceptors (Lipinski definition) is 5. The van der Waals surface area contributed by atoms with Crippen LogP contribution in [0.4, 0.5) is 13.2 Å². The number of piperidine rings is 1. The number of nitrogens with zero attached hydrogens (tertiary/aromatic N) is 3. The summed E-state index contributed by atoms with van der Waals surface area (Å²) in [5.74, 6) is -1.56. The van der Waals surface area contributed by atoms with Crippen molar-refractivity contribution in [3.05, 3.63) is 46.9 Å². The fourth-order valence-electron chi connectivity index (χ4n) is 4.94. The van der Waals surface area contributed by atoms with Crippen LogP contribution in [0.3, 0.4) is 0 Å². The molecule has 4 atom stereocenters. The lowest BCUT2D eigenvalue weighted by atomic mass is 9.97. The molecule has 1 saturated heterocycles. The van der Waals surface area contributed by atoms with Crippen molar-refractivity contribution < 1.29 is 22.5 Å². The SMILES string of the molecule is N[C@@H](CC(=O)N1C2CCC(C2)[C@H]1c1nc(C2CC2)no1)Cc1cc(F)c(F)cc1F. The number of carbonyl (C=O) groups excluding carboxylic acids is 1. The van der Waals surface area contributed by atoms with Crippen molar-refractivity contribution in [3.8, 4) is 0 Å². The molecule has 2 aliphatic carbocycles. The third kappa shape index (κ3) is 3.49. The summed E-state index contributed by atoms with van der Waals surface area (Å²) < 4.78 is 46.0. The fourth-order valence-corrected chi connectivity index (χ4v) is 4.94. The first-order valence-corrected chi connectivity index (χ1v) is 10.4. The van der Waals surface area contributed by atoms with E-state index < -0.39 is 23.5 Å². The first-order chi connectivity index (χ1) is 14.4. The Morgan fingerprint density at radius 1 is 1.17 bits per heavy atom. The summed E-state index contributed by atoms with van der Waals surface area (Å²) in [7, 11) is 0. The highest BCUT2D eigenvalue weighted by Gasteiger charge is 2.51. The standard InChI is InChI=1S/C21H23F3N4O2/c22-15-9-17(24)16(23)7-12(15)5-13(25)8-18(29)28-14-4-3-11(6-14)19(28)21-26-20(27-30-21)10-1-2-10/h7,9-11,13-14,19H,1-6,8,25H2/t11?,13-,14?,19+/m1/s1. The molecule has 5 rings (SSSR count). The molecule has 3 aliphatic rings. The topological polar surface area (TPSA) is 85.3 Å². The van der Waals surface area contributed by atoms with Crippen LogP contribution in [0, 0.1) is 23.4 Å². The lowest BCUT2D eigenvalue weighted by Crippen LogP contribution is -2.43. The van der Waals surface area contributed by atoms with Gasteiger partial charge in [0.25, 0.3) is 0 Å². The molecule has 0 spiro atoms. The van der Waals surface area contributed by atoms with Crippen molar-refractivity contribution in [2.24, 2.45) is 11.7 Å². The zero-order chi connectivity index (χ0) is 21.0. The molecular weight excluding hydrogens is 397 g/mol. The highest BCUT2D eigenvalue weighted by molar-refractivity contribution is 5.78. The molecule has 30 heavy (non-hydrogen) atoms. The molecule has 1 amide bonds. The van der Waals surface area contributed by atoms with Crippen LogP contribution in [0.5, 0.6) is 0 Å². The summed E-state index contributed by atoms with van der Waals surface area (Å²) >= 11 is 0. The molecule has 1 aromatic carbocycles. The Labute approximate surface area is 171 Å². The van der Waals surface area contributed by atoms with E-state index >= 15 is 0 Å². The van der Waals surface area contributed by atoms with Crippen molar-refractivity contribution in [2.75, 3.05) is 0 Å². The van der Waals surface area contributed by atoms with Gasteiger partial charge in [-0.2, -0.15) is 4.98 Å². The smallest absolute Gasteiger partial charge is 0.249 e. The Kier molecular flexibility index (Phi) is 4.80. The number of likely N-dealkylation sites (tertiary alicyclic amines) is 1. The highest BCUT2D eigenvalue weighted by atomic mass is 19.2. The van der Waals surface area contributed by atoms with Crippen LogP contribution in [-0.4, -0.2) is 33.0 Å². The second-order valence-electron chi connectivity index (χ2n) is 8.76. The minimum Gasteiger partial charge on any atom is -0.337 e. The van der Waals surface area contributed by atoms with Gasteiger partial charge in [-0.15, -0.1) is 0 Å². The van der Waals surface area contributed by atoms with E-state index in [2.05, 4.69) is 10.1 Å². The number of rotatable bonds is 6. The maximum atomic E-state index is 13.9. The lowest BCUT2D eigenvalue weighted by molar-refractivity contribution is -0.136. The van der Waals surface area contributed by atoms with Crippen LogP contribution in [0.1, 0.15) is 67.8 Å². The summed E-state index contributed by atoms with van der Waals surface area (Å²) in [5.41, 5.74) is 6.04. The molecule has 3 fully saturated rings. The second kappa shape index (κ2) is 7.37. The van der Waals surface area contributed by atoms with Gasteiger partial charge in [0.05, 0.1) is 0 Å². The van der Waals surface area contributed by atoms with Crippen molar-refractivity contribution in [1.29, 1.82) is 0 Å².